The van der Waals surface area contributed by atoms with Crippen LogP contribution in [0.1, 0.15) is 53.4 Å². The van der Waals surface area contributed by atoms with Gasteiger partial charge in [0.1, 0.15) is 0 Å². The molecule has 1 heterocycles. The Labute approximate surface area is 102 Å². The number of likely N-dealkylation sites (tertiary alicyclic amines) is 1. The molecule has 4 unspecified atom stereocenters. The molecule has 1 aliphatic rings. The first-order valence-corrected chi connectivity index (χ1v) is 7.04. The summed E-state index contributed by atoms with van der Waals surface area (Å²) in [6.45, 7) is 11.8. The lowest BCUT2D eigenvalue weighted by atomic mass is 9.86. The van der Waals surface area contributed by atoms with Crippen molar-refractivity contribution in [1.29, 1.82) is 0 Å². The zero-order chi connectivity index (χ0) is 12.1. The van der Waals surface area contributed by atoms with Gasteiger partial charge in [-0.25, -0.2) is 0 Å². The smallest absolute Gasteiger partial charge is 0.00927 e. The summed E-state index contributed by atoms with van der Waals surface area (Å²) in [4.78, 5) is 2.65. The van der Waals surface area contributed by atoms with Crippen molar-refractivity contribution in [1.82, 2.24) is 4.90 Å². The van der Waals surface area contributed by atoms with Crippen molar-refractivity contribution in [2.24, 2.45) is 17.6 Å². The van der Waals surface area contributed by atoms with Crippen LogP contribution in [0.5, 0.6) is 0 Å². The molecular formula is C14H30N2. The largest absolute Gasteiger partial charge is 0.328 e. The molecule has 0 radical (unpaired) electrons. The van der Waals surface area contributed by atoms with Crippen molar-refractivity contribution in [3.8, 4) is 0 Å². The van der Waals surface area contributed by atoms with E-state index in [9.17, 15) is 0 Å². The van der Waals surface area contributed by atoms with Crippen LogP contribution in [0.3, 0.4) is 0 Å². The molecule has 0 amide bonds. The normalized spacial score (nSPS) is 33.9. The molecule has 2 heteroatoms. The monoisotopic (exact) mass is 226 g/mol. The van der Waals surface area contributed by atoms with E-state index >= 15 is 0 Å². The van der Waals surface area contributed by atoms with Crippen molar-refractivity contribution in [2.45, 2.75) is 65.5 Å². The summed E-state index contributed by atoms with van der Waals surface area (Å²) < 4.78 is 0. The highest BCUT2D eigenvalue weighted by atomic mass is 15.2. The third kappa shape index (κ3) is 4.06. The van der Waals surface area contributed by atoms with Crippen molar-refractivity contribution in [3.05, 3.63) is 0 Å². The Kier molecular flexibility index (Phi) is 5.77. The van der Waals surface area contributed by atoms with Gasteiger partial charge in [0.25, 0.3) is 0 Å². The molecule has 0 aromatic rings. The molecule has 2 N–H and O–H groups in total. The van der Waals surface area contributed by atoms with E-state index in [0.29, 0.717) is 6.04 Å². The van der Waals surface area contributed by atoms with E-state index in [0.717, 1.165) is 24.3 Å². The zero-order valence-electron chi connectivity index (χ0n) is 11.6. The van der Waals surface area contributed by atoms with Crippen LogP contribution in [-0.4, -0.2) is 30.1 Å². The summed E-state index contributed by atoms with van der Waals surface area (Å²) in [6.07, 6.45) is 4.94. The second kappa shape index (κ2) is 6.61. The fraction of sp³-hybridized carbons (Fsp3) is 1.00. The van der Waals surface area contributed by atoms with Gasteiger partial charge in [-0.05, 0) is 44.6 Å². The number of nitrogens with two attached hydrogens (primary N) is 1. The van der Waals surface area contributed by atoms with Crippen LogP contribution in [-0.2, 0) is 0 Å². The average molecular weight is 226 g/mol. The Balaban J connectivity index is 2.34. The van der Waals surface area contributed by atoms with Gasteiger partial charge in [-0.2, -0.15) is 0 Å². The van der Waals surface area contributed by atoms with Crippen LogP contribution in [0.15, 0.2) is 0 Å². The summed E-state index contributed by atoms with van der Waals surface area (Å²) in [5.41, 5.74) is 6.09. The molecule has 1 saturated heterocycles. The van der Waals surface area contributed by atoms with Crippen LogP contribution in [0.2, 0.25) is 0 Å². The van der Waals surface area contributed by atoms with Crippen LogP contribution < -0.4 is 5.73 Å². The number of nitrogens with zero attached hydrogens (tertiary/aromatic N) is 1. The van der Waals surface area contributed by atoms with Gasteiger partial charge < -0.3 is 10.6 Å². The minimum Gasteiger partial charge on any atom is -0.328 e. The number of hydrogen-bond acceptors (Lipinski definition) is 2. The molecule has 1 aliphatic heterocycles. The summed E-state index contributed by atoms with van der Waals surface area (Å²) in [6, 6.07) is 1.15. The molecule has 0 bridgehead atoms. The Morgan fingerprint density at radius 2 is 1.94 bits per heavy atom. The minimum atomic E-state index is 0.407. The predicted octanol–water partition coefficient (Wildman–Crippen LogP) is 2.87. The first-order chi connectivity index (χ1) is 7.54. The minimum absolute atomic E-state index is 0.407. The maximum atomic E-state index is 6.09. The van der Waals surface area contributed by atoms with E-state index in [1.807, 2.05) is 0 Å². The zero-order valence-corrected chi connectivity index (χ0v) is 11.6. The predicted molar refractivity (Wildman–Crippen MR) is 71.5 cm³/mol. The molecule has 2 nitrogen and oxygen atoms in total. The lowest BCUT2D eigenvalue weighted by Gasteiger charge is -2.41. The second-order valence-electron chi connectivity index (χ2n) is 5.89. The fourth-order valence-corrected chi connectivity index (χ4v) is 2.97. The molecular weight excluding hydrogens is 196 g/mol. The van der Waals surface area contributed by atoms with Crippen molar-refractivity contribution in [2.75, 3.05) is 13.1 Å². The van der Waals surface area contributed by atoms with E-state index in [4.69, 9.17) is 5.73 Å². The Hall–Kier alpha value is -0.0800. The molecule has 4 atom stereocenters. The lowest BCUT2D eigenvalue weighted by Crippen LogP contribution is -2.47. The molecule has 96 valence electrons. The van der Waals surface area contributed by atoms with E-state index in [-0.39, 0.29) is 0 Å². The van der Waals surface area contributed by atoms with Crippen LogP contribution >= 0.6 is 0 Å². The quantitative estimate of drug-likeness (QED) is 0.781. The molecule has 0 aromatic heterocycles. The Morgan fingerprint density at radius 1 is 1.25 bits per heavy atom. The standard InChI is InChI=1S/C14H30N2/c1-5-6-14(15)7-8-16-10-11(2)9-12(3)13(16)4/h11-14H,5-10,15H2,1-4H3. The Morgan fingerprint density at radius 3 is 2.56 bits per heavy atom. The molecule has 0 aliphatic carbocycles. The maximum absolute atomic E-state index is 6.09. The Bertz CT molecular complexity index is 193. The van der Waals surface area contributed by atoms with Crippen LogP contribution in [0.4, 0.5) is 0 Å². The summed E-state index contributed by atoms with van der Waals surface area (Å²) in [5.74, 6) is 1.69. The third-order valence-electron chi connectivity index (χ3n) is 4.17. The molecule has 1 rings (SSSR count). The van der Waals surface area contributed by atoms with Crippen molar-refractivity contribution < 1.29 is 0 Å². The van der Waals surface area contributed by atoms with Crippen LogP contribution in [0.25, 0.3) is 0 Å². The van der Waals surface area contributed by atoms with Gasteiger partial charge in [-0.1, -0.05) is 27.2 Å². The topological polar surface area (TPSA) is 29.3 Å². The van der Waals surface area contributed by atoms with Gasteiger partial charge in [0.2, 0.25) is 0 Å². The lowest BCUT2D eigenvalue weighted by molar-refractivity contribution is 0.0767. The third-order valence-corrected chi connectivity index (χ3v) is 4.17. The van der Waals surface area contributed by atoms with Gasteiger partial charge in [0, 0.05) is 18.6 Å². The highest BCUT2D eigenvalue weighted by Crippen LogP contribution is 2.26. The van der Waals surface area contributed by atoms with Gasteiger partial charge in [0.05, 0.1) is 0 Å². The highest BCUT2D eigenvalue weighted by Gasteiger charge is 2.28. The van der Waals surface area contributed by atoms with Crippen molar-refractivity contribution >= 4 is 0 Å². The van der Waals surface area contributed by atoms with E-state index in [2.05, 4.69) is 32.6 Å². The first kappa shape index (κ1) is 14.0. The molecule has 0 saturated carbocycles. The molecule has 16 heavy (non-hydrogen) atoms. The average Bonchev–Trinajstić information content (AvgIpc) is 2.21. The molecule has 0 spiro atoms. The van der Waals surface area contributed by atoms with Gasteiger partial charge >= 0.3 is 0 Å². The van der Waals surface area contributed by atoms with Gasteiger partial charge in [-0.15, -0.1) is 0 Å². The molecule has 1 fully saturated rings. The summed E-state index contributed by atoms with van der Waals surface area (Å²) >= 11 is 0. The highest BCUT2D eigenvalue weighted by molar-refractivity contribution is 4.82. The van der Waals surface area contributed by atoms with Gasteiger partial charge in [-0.3, -0.25) is 0 Å². The van der Waals surface area contributed by atoms with Crippen LogP contribution in [0, 0.1) is 11.8 Å². The summed E-state index contributed by atoms with van der Waals surface area (Å²) in [7, 11) is 0. The fourth-order valence-electron chi connectivity index (χ4n) is 2.97. The van der Waals surface area contributed by atoms with E-state index in [1.165, 1.54) is 32.4 Å². The number of rotatable bonds is 5. The first-order valence-electron chi connectivity index (χ1n) is 7.04. The summed E-state index contributed by atoms with van der Waals surface area (Å²) in [5, 5.41) is 0. The maximum Gasteiger partial charge on any atom is 0.00927 e. The SMILES string of the molecule is CCCC(N)CCN1CC(C)CC(C)C1C. The number of piperidine rings is 1. The van der Waals surface area contributed by atoms with E-state index in [1.54, 1.807) is 0 Å². The van der Waals surface area contributed by atoms with Crippen molar-refractivity contribution in [3.63, 3.8) is 0 Å². The number of hydrogen-bond donors (Lipinski definition) is 1. The molecule has 0 aromatic carbocycles. The van der Waals surface area contributed by atoms with Gasteiger partial charge in [0.15, 0.2) is 0 Å². The van der Waals surface area contributed by atoms with E-state index < -0.39 is 0 Å². The second-order valence-corrected chi connectivity index (χ2v) is 5.89.